The van der Waals surface area contributed by atoms with Crippen LogP contribution in [0.5, 0.6) is 5.75 Å². The van der Waals surface area contributed by atoms with E-state index in [1.807, 2.05) is 19.2 Å². The van der Waals surface area contributed by atoms with Crippen LogP contribution in [0.25, 0.3) is 0 Å². The van der Waals surface area contributed by atoms with E-state index in [1.165, 1.54) is 44.6 Å². The molecule has 4 rings (SSSR count). The molecule has 31 heavy (non-hydrogen) atoms. The fraction of sp³-hybridized carbons (Fsp3) is 0.542. The van der Waals surface area contributed by atoms with E-state index in [2.05, 4.69) is 42.7 Å². The van der Waals surface area contributed by atoms with Crippen molar-refractivity contribution >= 4 is 9.24 Å². The highest BCUT2D eigenvalue weighted by Gasteiger charge is 2.30. The lowest BCUT2D eigenvalue weighted by Crippen LogP contribution is -2.33. The third-order valence-corrected chi connectivity index (χ3v) is 6.32. The molecule has 2 saturated carbocycles. The van der Waals surface area contributed by atoms with Gasteiger partial charge in [0.15, 0.2) is 5.41 Å². The van der Waals surface area contributed by atoms with Crippen LogP contribution in [0, 0.1) is 12.8 Å². The van der Waals surface area contributed by atoms with Crippen LogP contribution < -0.4 is 20.9 Å². The van der Waals surface area contributed by atoms with Crippen molar-refractivity contribution in [2.75, 3.05) is 6.61 Å². The summed E-state index contributed by atoms with van der Waals surface area (Å²) in [6.45, 7) is 4.06. The standard InChI is InChI=1S/C24H34FN4OP/c1-16-10-20(27-14-23(16)30-15-24(2,25)31)13-26-12-19(22-8-9-28-29-22)11-21(18-6-7-18)17-4-3-5-17/h8-10,12,14,17,22,26,28-29H,3-7,11,13,15,31H2,1-2H3/b19-12-. The second-order valence-corrected chi connectivity index (χ2v) is 10.4. The van der Waals surface area contributed by atoms with Gasteiger partial charge in [-0.05, 0) is 81.3 Å². The number of nitrogens with one attached hydrogen (secondary N) is 3. The molecule has 168 valence electrons. The van der Waals surface area contributed by atoms with Gasteiger partial charge in [-0.25, -0.2) is 9.82 Å². The van der Waals surface area contributed by atoms with E-state index in [-0.39, 0.29) is 12.6 Å². The molecule has 3 N–H and O–H groups in total. The molecule has 0 spiro atoms. The molecule has 3 atom stereocenters. The number of alkyl halides is 1. The number of hydrogen-bond acceptors (Lipinski definition) is 5. The SMILES string of the molecule is Cc1cc(CN/C=C(/CC(=C2CC2)C2CCC2)C2C=CNN2)ncc1OCC(C)(F)P. The van der Waals surface area contributed by atoms with Gasteiger partial charge in [-0.3, -0.25) is 4.98 Å². The molecule has 1 aliphatic heterocycles. The molecule has 0 radical (unpaired) electrons. The van der Waals surface area contributed by atoms with Crippen LogP contribution in [0.3, 0.4) is 0 Å². The van der Waals surface area contributed by atoms with E-state index in [4.69, 9.17) is 4.74 Å². The third kappa shape index (κ3) is 6.30. The van der Waals surface area contributed by atoms with Crippen molar-refractivity contribution in [1.82, 2.24) is 21.2 Å². The third-order valence-electron chi connectivity index (χ3n) is 6.16. The number of rotatable bonds is 10. The predicted molar refractivity (Wildman–Crippen MR) is 126 cm³/mol. The van der Waals surface area contributed by atoms with Gasteiger partial charge in [-0.2, -0.15) is 0 Å². The lowest BCUT2D eigenvalue weighted by Gasteiger charge is -2.30. The normalized spacial score (nSPS) is 22.5. The largest absolute Gasteiger partial charge is 0.488 e. The average molecular weight is 445 g/mol. The zero-order valence-corrected chi connectivity index (χ0v) is 19.7. The Bertz CT molecular complexity index is 880. The van der Waals surface area contributed by atoms with Crippen LogP contribution >= 0.6 is 9.24 Å². The molecule has 3 unspecified atom stereocenters. The number of ether oxygens (including phenoxy) is 1. The number of aryl methyl sites for hydroxylation is 1. The van der Waals surface area contributed by atoms with Crippen molar-refractivity contribution in [2.24, 2.45) is 5.92 Å². The van der Waals surface area contributed by atoms with E-state index < -0.39 is 5.41 Å². The number of aromatic nitrogens is 1. The number of allylic oxidation sites excluding steroid dienone is 2. The Morgan fingerprint density at radius 3 is 2.81 bits per heavy atom. The van der Waals surface area contributed by atoms with Crippen LogP contribution in [0.1, 0.15) is 56.7 Å². The van der Waals surface area contributed by atoms with Gasteiger partial charge in [0.1, 0.15) is 12.4 Å². The second kappa shape index (κ2) is 9.70. The lowest BCUT2D eigenvalue weighted by atomic mass is 9.76. The molecular formula is C24H34FN4OP. The van der Waals surface area contributed by atoms with Crippen molar-refractivity contribution in [2.45, 2.75) is 70.4 Å². The first-order valence-electron chi connectivity index (χ1n) is 11.3. The minimum atomic E-state index is -1.44. The Balaban J connectivity index is 1.39. The average Bonchev–Trinajstić information content (AvgIpc) is 3.37. The maximum absolute atomic E-state index is 13.7. The molecule has 0 saturated heterocycles. The van der Waals surface area contributed by atoms with Crippen LogP contribution in [0.4, 0.5) is 4.39 Å². The minimum Gasteiger partial charge on any atom is -0.488 e. The van der Waals surface area contributed by atoms with Gasteiger partial charge >= 0.3 is 0 Å². The molecule has 2 heterocycles. The number of halogens is 1. The number of hydrazine groups is 1. The van der Waals surface area contributed by atoms with E-state index in [0.717, 1.165) is 23.6 Å². The molecule has 0 bridgehead atoms. The predicted octanol–water partition coefficient (Wildman–Crippen LogP) is 4.57. The summed E-state index contributed by atoms with van der Waals surface area (Å²) in [6, 6.07) is 2.20. The summed E-state index contributed by atoms with van der Waals surface area (Å²) in [7, 11) is 2.15. The fourth-order valence-electron chi connectivity index (χ4n) is 4.07. The van der Waals surface area contributed by atoms with Gasteiger partial charge in [-0.15, -0.1) is 0 Å². The highest BCUT2D eigenvalue weighted by molar-refractivity contribution is 7.18. The zero-order valence-electron chi connectivity index (χ0n) is 18.5. The Hall–Kier alpha value is -1.91. The molecule has 1 aromatic heterocycles. The van der Waals surface area contributed by atoms with Gasteiger partial charge in [0.25, 0.3) is 0 Å². The van der Waals surface area contributed by atoms with Crippen molar-refractivity contribution in [1.29, 1.82) is 0 Å². The Morgan fingerprint density at radius 2 is 2.23 bits per heavy atom. The zero-order chi connectivity index (χ0) is 21.8. The van der Waals surface area contributed by atoms with Crippen molar-refractivity contribution in [3.63, 3.8) is 0 Å². The first-order chi connectivity index (χ1) is 14.9. The summed E-state index contributed by atoms with van der Waals surface area (Å²) in [5.74, 6) is 1.42. The maximum Gasteiger partial charge on any atom is 0.154 e. The van der Waals surface area contributed by atoms with Crippen molar-refractivity contribution in [3.8, 4) is 5.75 Å². The van der Waals surface area contributed by atoms with Crippen LogP contribution in [-0.4, -0.2) is 23.0 Å². The van der Waals surface area contributed by atoms with Gasteiger partial charge in [-0.1, -0.05) is 26.8 Å². The van der Waals surface area contributed by atoms with Crippen LogP contribution in [-0.2, 0) is 6.54 Å². The summed E-state index contributed by atoms with van der Waals surface area (Å²) in [5, 5.41) is 2.02. The second-order valence-electron chi connectivity index (χ2n) is 9.17. The maximum atomic E-state index is 13.7. The molecule has 0 amide bonds. The summed E-state index contributed by atoms with van der Waals surface area (Å²) >= 11 is 0. The highest BCUT2D eigenvalue weighted by atomic mass is 31.0. The summed E-state index contributed by atoms with van der Waals surface area (Å²) in [5.41, 5.74) is 13.0. The molecule has 0 aromatic carbocycles. The number of hydrogen-bond donors (Lipinski definition) is 3. The highest BCUT2D eigenvalue weighted by Crippen LogP contribution is 2.45. The van der Waals surface area contributed by atoms with Crippen molar-refractivity contribution in [3.05, 3.63) is 58.7 Å². The van der Waals surface area contributed by atoms with Gasteiger partial charge < -0.3 is 15.5 Å². The first-order valence-corrected chi connectivity index (χ1v) is 11.8. The number of pyridine rings is 1. The summed E-state index contributed by atoms with van der Waals surface area (Å²) in [6.07, 6.45) is 15.6. The molecule has 3 aliphatic rings. The molecule has 2 aliphatic carbocycles. The van der Waals surface area contributed by atoms with Gasteiger partial charge in [0, 0.05) is 6.20 Å². The van der Waals surface area contributed by atoms with E-state index in [1.54, 1.807) is 17.3 Å². The Kier molecular flexibility index (Phi) is 6.98. The quantitative estimate of drug-likeness (QED) is 0.365. The molecular weight excluding hydrogens is 410 g/mol. The molecule has 7 heteroatoms. The molecule has 2 fully saturated rings. The summed E-state index contributed by atoms with van der Waals surface area (Å²) < 4.78 is 19.2. The van der Waals surface area contributed by atoms with E-state index >= 15 is 0 Å². The first kappa shape index (κ1) is 22.3. The monoisotopic (exact) mass is 444 g/mol. The van der Waals surface area contributed by atoms with Crippen LogP contribution in [0.2, 0.25) is 0 Å². The van der Waals surface area contributed by atoms with Crippen LogP contribution in [0.15, 0.2) is 47.5 Å². The fourth-order valence-corrected chi connectivity index (χ4v) is 4.15. The minimum absolute atomic E-state index is 0.0152. The van der Waals surface area contributed by atoms with E-state index in [0.29, 0.717) is 12.3 Å². The number of nitrogens with zero attached hydrogens (tertiary/aromatic N) is 1. The molecule has 5 nitrogen and oxygen atoms in total. The van der Waals surface area contributed by atoms with Gasteiger partial charge in [0.05, 0.1) is 24.5 Å². The molecule has 1 aromatic rings. The lowest BCUT2D eigenvalue weighted by molar-refractivity contribution is 0.181. The van der Waals surface area contributed by atoms with Crippen molar-refractivity contribution < 1.29 is 9.13 Å². The smallest absolute Gasteiger partial charge is 0.154 e. The summed E-state index contributed by atoms with van der Waals surface area (Å²) in [4.78, 5) is 4.49. The Labute approximate surface area is 187 Å². The van der Waals surface area contributed by atoms with Gasteiger partial charge in [0.2, 0.25) is 0 Å². The topological polar surface area (TPSA) is 58.2 Å². The van der Waals surface area contributed by atoms with E-state index in [9.17, 15) is 4.39 Å². The Morgan fingerprint density at radius 1 is 1.42 bits per heavy atom.